The van der Waals surface area contributed by atoms with Crippen molar-refractivity contribution in [1.82, 2.24) is 14.5 Å². The minimum atomic E-state index is -3.11. The maximum atomic E-state index is 12.9. The third-order valence-corrected chi connectivity index (χ3v) is 6.61. The third kappa shape index (κ3) is 4.50. The van der Waals surface area contributed by atoms with Gasteiger partial charge in [-0.2, -0.15) is 0 Å². The Morgan fingerprint density at radius 1 is 1.41 bits per heavy atom. The van der Waals surface area contributed by atoms with Crippen LogP contribution in [0.1, 0.15) is 20.3 Å². The smallest absolute Gasteiger partial charge is 0.261 e. The predicted octanol–water partition coefficient (Wildman–Crippen LogP) is 1.72. The Bertz CT molecular complexity index is 1030. The quantitative estimate of drug-likeness (QED) is 0.747. The highest BCUT2D eigenvalue weighted by Crippen LogP contribution is 2.20. The van der Waals surface area contributed by atoms with Crippen molar-refractivity contribution in [2.24, 2.45) is 5.92 Å². The van der Waals surface area contributed by atoms with Gasteiger partial charge in [0.2, 0.25) is 5.91 Å². The van der Waals surface area contributed by atoms with Crippen LogP contribution in [-0.2, 0) is 21.2 Å². The summed E-state index contributed by atoms with van der Waals surface area (Å²) in [5.41, 5.74) is 0.161. The summed E-state index contributed by atoms with van der Waals surface area (Å²) >= 11 is 5.96. The number of aromatic nitrogens is 2. The van der Waals surface area contributed by atoms with E-state index in [1.807, 2.05) is 13.8 Å². The number of hydrogen-bond donors (Lipinski definition) is 0. The van der Waals surface area contributed by atoms with Crippen molar-refractivity contribution in [3.05, 3.63) is 39.9 Å². The molecule has 9 heteroatoms. The topological polar surface area (TPSA) is 89.3 Å². The van der Waals surface area contributed by atoms with E-state index < -0.39 is 9.84 Å². The second kappa shape index (κ2) is 7.59. The monoisotopic (exact) mass is 411 g/mol. The zero-order chi connectivity index (χ0) is 19.8. The zero-order valence-electron chi connectivity index (χ0n) is 15.3. The lowest BCUT2D eigenvalue weighted by Gasteiger charge is -2.30. The molecular formula is C18H22ClN3O4S. The number of halogens is 1. The van der Waals surface area contributed by atoms with Gasteiger partial charge in [-0.3, -0.25) is 14.2 Å². The van der Waals surface area contributed by atoms with Gasteiger partial charge in [0.25, 0.3) is 5.56 Å². The van der Waals surface area contributed by atoms with Crippen molar-refractivity contribution >= 4 is 38.2 Å². The summed E-state index contributed by atoms with van der Waals surface area (Å²) in [6.45, 7) is 4.20. The van der Waals surface area contributed by atoms with E-state index in [2.05, 4.69) is 4.98 Å². The summed E-state index contributed by atoms with van der Waals surface area (Å²) in [6.07, 6.45) is 1.77. The number of carbonyl (C=O) groups is 1. The number of amides is 1. The molecule has 1 unspecified atom stereocenters. The first-order valence-corrected chi connectivity index (χ1v) is 11.0. The van der Waals surface area contributed by atoms with Gasteiger partial charge in [0.05, 0.1) is 28.7 Å². The van der Waals surface area contributed by atoms with Crippen molar-refractivity contribution in [3.8, 4) is 0 Å². The van der Waals surface area contributed by atoms with Gasteiger partial charge in [-0.1, -0.05) is 25.4 Å². The fraction of sp³-hybridized carbons (Fsp3) is 0.500. The molecule has 27 heavy (non-hydrogen) atoms. The van der Waals surface area contributed by atoms with Crippen LogP contribution in [0.2, 0.25) is 5.02 Å². The van der Waals surface area contributed by atoms with Gasteiger partial charge >= 0.3 is 0 Å². The molecule has 7 nitrogen and oxygen atoms in total. The fourth-order valence-electron chi connectivity index (χ4n) is 3.35. The predicted molar refractivity (Wildman–Crippen MR) is 105 cm³/mol. The molecule has 1 amide bonds. The summed E-state index contributed by atoms with van der Waals surface area (Å²) < 4.78 is 24.9. The SMILES string of the molecule is CC(C)CN(C(=O)Cn1cnc2ccc(Cl)cc2c1=O)C1CCS(=O)(=O)C1. The maximum absolute atomic E-state index is 12.9. The van der Waals surface area contributed by atoms with Gasteiger partial charge in [-0.25, -0.2) is 13.4 Å². The molecule has 0 aliphatic carbocycles. The molecule has 0 N–H and O–H groups in total. The van der Waals surface area contributed by atoms with E-state index in [1.165, 1.54) is 17.0 Å². The molecule has 1 aromatic carbocycles. The zero-order valence-corrected chi connectivity index (χ0v) is 16.8. The molecule has 3 rings (SSSR count). The Morgan fingerprint density at radius 3 is 2.78 bits per heavy atom. The van der Waals surface area contributed by atoms with Crippen molar-refractivity contribution in [2.75, 3.05) is 18.1 Å². The molecule has 1 aromatic heterocycles. The Hall–Kier alpha value is -1.93. The summed E-state index contributed by atoms with van der Waals surface area (Å²) in [6, 6.07) is 4.49. The van der Waals surface area contributed by atoms with E-state index in [0.717, 1.165) is 0 Å². The molecule has 1 fully saturated rings. The highest BCUT2D eigenvalue weighted by atomic mass is 35.5. The van der Waals surface area contributed by atoms with Crippen LogP contribution in [0.5, 0.6) is 0 Å². The Balaban J connectivity index is 1.88. The molecule has 146 valence electrons. The van der Waals surface area contributed by atoms with Gasteiger partial charge in [0, 0.05) is 17.6 Å². The molecule has 2 heterocycles. The molecule has 1 aliphatic rings. The van der Waals surface area contributed by atoms with Gasteiger partial charge in [0.1, 0.15) is 6.54 Å². The lowest BCUT2D eigenvalue weighted by atomic mass is 10.1. The highest BCUT2D eigenvalue weighted by molar-refractivity contribution is 7.91. The average Bonchev–Trinajstić information content (AvgIpc) is 2.95. The number of nitrogens with zero attached hydrogens (tertiary/aromatic N) is 3. The van der Waals surface area contributed by atoms with E-state index in [4.69, 9.17) is 11.6 Å². The molecule has 0 spiro atoms. The molecule has 0 radical (unpaired) electrons. The standard InChI is InChI=1S/C18H22ClN3O4S/c1-12(2)8-22(14-5-6-27(25,26)10-14)17(23)9-21-11-20-16-4-3-13(19)7-15(16)18(21)24/h3-4,7,11-12,14H,5-6,8-10H2,1-2H3. The van der Waals surface area contributed by atoms with E-state index in [1.54, 1.807) is 17.0 Å². The van der Waals surface area contributed by atoms with E-state index in [0.29, 0.717) is 28.9 Å². The molecule has 2 aromatic rings. The van der Waals surface area contributed by atoms with E-state index >= 15 is 0 Å². The Kier molecular flexibility index (Phi) is 5.58. The van der Waals surface area contributed by atoms with Crippen molar-refractivity contribution in [3.63, 3.8) is 0 Å². The summed E-state index contributed by atoms with van der Waals surface area (Å²) in [5.74, 6) is -0.0276. The van der Waals surface area contributed by atoms with Crippen LogP contribution < -0.4 is 5.56 Å². The van der Waals surface area contributed by atoms with Crippen LogP contribution in [0.4, 0.5) is 0 Å². The minimum Gasteiger partial charge on any atom is -0.337 e. The maximum Gasteiger partial charge on any atom is 0.261 e. The second-order valence-electron chi connectivity index (χ2n) is 7.34. The largest absolute Gasteiger partial charge is 0.337 e. The summed E-state index contributed by atoms with van der Waals surface area (Å²) in [7, 11) is -3.11. The summed E-state index contributed by atoms with van der Waals surface area (Å²) in [4.78, 5) is 31.4. The van der Waals surface area contributed by atoms with E-state index in [-0.39, 0.29) is 41.5 Å². The van der Waals surface area contributed by atoms with Gasteiger partial charge in [-0.05, 0) is 30.5 Å². The first kappa shape index (κ1) is 19.8. The minimum absolute atomic E-state index is 0.0219. The lowest BCUT2D eigenvalue weighted by Crippen LogP contribution is -2.45. The second-order valence-corrected chi connectivity index (χ2v) is 10.0. The number of carbonyl (C=O) groups excluding carboxylic acids is 1. The molecule has 1 saturated heterocycles. The van der Waals surface area contributed by atoms with Gasteiger partial charge < -0.3 is 4.90 Å². The lowest BCUT2D eigenvalue weighted by molar-refractivity contribution is -0.134. The third-order valence-electron chi connectivity index (χ3n) is 4.62. The Morgan fingerprint density at radius 2 is 2.15 bits per heavy atom. The fourth-order valence-corrected chi connectivity index (χ4v) is 5.25. The van der Waals surface area contributed by atoms with Crippen molar-refractivity contribution in [1.29, 1.82) is 0 Å². The molecular weight excluding hydrogens is 390 g/mol. The normalized spacial score (nSPS) is 18.9. The number of benzene rings is 1. The molecule has 1 atom stereocenters. The number of rotatable bonds is 5. The van der Waals surface area contributed by atoms with Crippen molar-refractivity contribution in [2.45, 2.75) is 32.9 Å². The molecule has 0 saturated carbocycles. The number of sulfone groups is 1. The van der Waals surface area contributed by atoms with Crippen LogP contribution in [-0.4, -0.2) is 52.9 Å². The first-order chi connectivity index (χ1) is 12.7. The molecule has 1 aliphatic heterocycles. The van der Waals surface area contributed by atoms with Gasteiger partial charge in [0.15, 0.2) is 9.84 Å². The van der Waals surface area contributed by atoms with Crippen LogP contribution in [0.25, 0.3) is 10.9 Å². The first-order valence-electron chi connectivity index (χ1n) is 8.81. The number of hydrogen-bond acceptors (Lipinski definition) is 5. The van der Waals surface area contributed by atoms with Crippen LogP contribution in [0.15, 0.2) is 29.3 Å². The van der Waals surface area contributed by atoms with Gasteiger partial charge in [-0.15, -0.1) is 0 Å². The van der Waals surface area contributed by atoms with Crippen molar-refractivity contribution < 1.29 is 13.2 Å². The van der Waals surface area contributed by atoms with E-state index in [9.17, 15) is 18.0 Å². The average molecular weight is 412 g/mol. The number of fused-ring (bicyclic) bond motifs is 1. The van der Waals surface area contributed by atoms with Crippen LogP contribution in [0, 0.1) is 5.92 Å². The van der Waals surface area contributed by atoms with Crippen LogP contribution in [0.3, 0.4) is 0 Å². The summed E-state index contributed by atoms with van der Waals surface area (Å²) in [5, 5.41) is 0.764. The molecule has 0 bridgehead atoms. The van der Waals surface area contributed by atoms with Crippen LogP contribution >= 0.6 is 11.6 Å². The highest BCUT2D eigenvalue weighted by Gasteiger charge is 2.34. The Labute approximate surface area is 162 Å².